The molecule has 0 atom stereocenters. The summed E-state index contributed by atoms with van der Waals surface area (Å²) in [5.74, 6) is 0.970. The lowest BCUT2D eigenvalue weighted by Gasteiger charge is -2.14. The summed E-state index contributed by atoms with van der Waals surface area (Å²) in [6, 6.07) is 12.1. The number of rotatable bonds is 4. The molecule has 22 heavy (non-hydrogen) atoms. The van der Waals surface area contributed by atoms with Crippen molar-refractivity contribution in [3.8, 4) is 0 Å². The fourth-order valence-corrected chi connectivity index (χ4v) is 2.97. The molecule has 0 saturated heterocycles. The van der Waals surface area contributed by atoms with Gasteiger partial charge in [0.2, 0.25) is 0 Å². The molecule has 0 aromatic heterocycles. The van der Waals surface area contributed by atoms with Crippen LogP contribution in [0.15, 0.2) is 36.4 Å². The smallest absolute Gasteiger partial charge is 0.193 e. The van der Waals surface area contributed by atoms with Crippen molar-refractivity contribution in [2.24, 2.45) is 0 Å². The molecule has 0 bridgehead atoms. The number of aryl methyl sites for hydroxylation is 2. The van der Waals surface area contributed by atoms with Gasteiger partial charge < -0.3 is 0 Å². The van der Waals surface area contributed by atoms with Crippen molar-refractivity contribution < 1.29 is 4.79 Å². The third kappa shape index (κ3) is 3.30. The number of hydrogen-bond acceptors (Lipinski definition) is 1. The van der Waals surface area contributed by atoms with Crippen LogP contribution in [0, 0.1) is 13.8 Å². The molecule has 116 valence electrons. The number of hydrogen-bond donors (Lipinski definition) is 0. The summed E-state index contributed by atoms with van der Waals surface area (Å²) < 4.78 is 0. The van der Waals surface area contributed by atoms with Gasteiger partial charge in [0, 0.05) is 11.1 Å². The van der Waals surface area contributed by atoms with E-state index in [2.05, 4.69) is 65.8 Å². The molecule has 1 nitrogen and oxygen atoms in total. The summed E-state index contributed by atoms with van der Waals surface area (Å²) in [7, 11) is 0. The molecule has 0 unspecified atom stereocenters. The largest absolute Gasteiger partial charge is 0.289 e. The van der Waals surface area contributed by atoms with Gasteiger partial charge in [-0.15, -0.1) is 0 Å². The highest BCUT2D eigenvalue weighted by Crippen LogP contribution is 2.24. The molecule has 0 amide bonds. The summed E-state index contributed by atoms with van der Waals surface area (Å²) in [4.78, 5) is 12.8. The molecule has 0 N–H and O–H groups in total. The van der Waals surface area contributed by atoms with Crippen molar-refractivity contribution in [3.05, 3.63) is 69.8 Å². The Kier molecular flexibility index (Phi) is 4.85. The Morgan fingerprint density at radius 1 is 0.727 bits per heavy atom. The lowest BCUT2D eigenvalue weighted by atomic mass is 9.90. The van der Waals surface area contributed by atoms with E-state index in [9.17, 15) is 4.79 Å². The van der Waals surface area contributed by atoms with E-state index in [1.807, 2.05) is 12.1 Å². The number of ketones is 1. The molecule has 0 spiro atoms. The van der Waals surface area contributed by atoms with Gasteiger partial charge in [-0.1, -0.05) is 52.0 Å². The van der Waals surface area contributed by atoms with Crippen molar-refractivity contribution in [2.45, 2.75) is 53.4 Å². The molecule has 2 aromatic carbocycles. The minimum Gasteiger partial charge on any atom is -0.289 e. The van der Waals surface area contributed by atoms with Gasteiger partial charge in [-0.2, -0.15) is 0 Å². The SMILES string of the molecule is Cc1ccc(C(=O)c2ccc(C)c(C(C)C)c2)cc1C(C)C. The minimum absolute atomic E-state index is 0.115. The van der Waals surface area contributed by atoms with E-state index in [-0.39, 0.29) is 5.78 Å². The Morgan fingerprint density at radius 3 is 1.41 bits per heavy atom. The third-order valence-corrected chi connectivity index (χ3v) is 4.33. The Morgan fingerprint density at radius 2 is 1.09 bits per heavy atom. The fraction of sp³-hybridized carbons (Fsp3) is 0.381. The highest BCUT2D eigenvalue weighted by atomic mass is 16.1. The van der Waals surface area contributed by atoms with Crippen molar-refractivity contribution in [1.82, 2.24) is 0 Å². The Balaban J connectivity index is 2.44. The van der Waals surface area contributed by atoms with Crippen LogP contribution >= 0.6 is 0 Å². The van der Waals surface area contributed by atoms with E-state index in [0.717, 1.165) is 11.1 Å². The summed E-state index contributed by atoms with van der Waals surface area (Å²) in [6.07, 6.45) is 0. The first-order valence-corrected chi connectivity index (χ1v) is 8.07. The molecule has 1 heteroatoms. The molecule has 0 aliphatic carbocycles. The average Bonchev–Trinajstić information content (AvgIpc) is 2.47. The molecule has 0 aliphatic heterocycles. The molecular formula is C21H26O. The first-order valence-electron chi connectivity index (χ1n) is 8.07. The lowest BCUT2D eigenvalue weighted by Crippen LogP contribution is -2.05. The summed E-state index contributed by atoms with van der Waals surface area (Å²) in [5, 5.41) is 0. The van der Waals surface area contributed by atoms with Gasteiger partial charge in [-0.3, -0.25) is 4.79 Å². The molecular weight excluding hydrogens is 268 g/mol. The van der Waals surface area contributed by atoms with Crippen LogP contribution in [-0.2, 0) is 0 Å². The van der Waals surface area contributed by atoms with E-state index >= 15 is 0 Å². The van der Waals surface area contributed by atoms with E-state index in [1.165, 1.54) is 22.3 Å². The maximum atomic E-state index is 12.8. The van der Waals surface area contributed by atoms with E-state index in [1.54, 1.807) is 0 Å². The normalized spacial score (nSPS) is 11.3. The van der Waals surface area contributed by atoms with Crippen molar-refractivity contribution in [2.75, 3.05) is 0 Å². The predicted molar refractivity (Wildman–Crippen MR) is 94.0 cm³/mol. The van der Waals surface area contributed by atoms with Crippen LogP contribution in [0.25, 0.3) is 0 Å². The van der Waals surface area contributed by atoms with E-state index < -0.39 is 0 Å². The highest BCUT2D eigenvalue weighted by Gasteiger charge is 2.14. The summed E-state index contributed by atoms with van der Waals surface area (Å²) in [5.41, 5.74) is 6.57. The van der Waals surface area contributed by atoms with Gasteiger partial charge in [0.15, 0.2) is 5.78 Å². The van der Waals surface area contributed by atoms with Crippen molar-refractivity contribution >= 4 is 5.78 Å². The fourth-order valence-electron chi connectivity index (χ4n) is 2.97. The van der Waals surface area contributed by atoms with E-state index in [4.69, 9.17) is 0 Å². The van der Waals surface area contributed by atoms with E-state index in [0.29, 0.717) is 11.8 Å². The molecule has 2 rings (SSSR count). The maximum absolute atomic E-state index is 12.8. The van der Waals surface area contributed by atoms with Crippen LogP contribution in [0.3, 0.4) is 0 Å². The summed E-state index contributed by atoms with van der Waals surface area (Å²) >= 11 is 0. The van der Waals surface area contributed by atoms with Crippen LogP contribution < -0.4 is 0 Å². The number of carbonyl (C=O) groups excluding carboxylic acids is 1. The highest BCUT2D eigenvalue weighted by molar-refractivity contribution is 6.09. The molecule has 0 saturated carbocycles. The van der Waals surface area contributed by atoms with Crippen LogP contribution in [0.5, 0.6) is 0 Å². The zero-order chi connectivity index (χ0) is 16.4. The van der Waals surface area contributed by atoms with Gasteiger partial charge in [-0.05, 0) is 60.1 Å². The monoisotopic (exact) mass is 294 g/mol. The third-order valence-electron chi connectivity index (χ3n) is 4.33. The topological polar surface area (TPSA) is 17.1 Å². The van der Waals surface area contributed by atoms with Crippen molar-refractivity contribution in [1.29, 1.82) is 0 Å². The molecule has 2 aromatic rings. The van der Waals surface area contributed by atoms with Crippen molar-refractivity contribution in [3.63, 3.8) is 0 Å². The first-order chi connectivity index (χ1) is 10.3. The van der Waals surface area contributed by atoms with Crippen LogP contribution in [0.4, 0.5) is 0 Å². The van der Waals surface area contributed by atoms with Crippen LogP contribution in [-0.4, -0.2) is 5.78 Å². The Bertz CT molecular complexity index is 634. The minimum atomic E-state index is 0.115. The zero-order valence-corrected chi connectivity index (χ0v) is 14.5. The molecule has 0 heterocycles. The second-order valence-electron chi connectivity index (χ2n) is 6.78. The second-order valence-corrected chi connectivity index (χ2v) is 6.78. The van der Waals surface area contributed by atoms with Crippen LogP contribution in [0.2, 0.25) is 0 Å². The maximum Gasteiger partial charge on any atom is 0.193 e. The first kappa shape index (κ1) is 16.5. The zero-order valence-electron chi connectivity index (χ0n) is 14.5. The summed E-state index contributed by atoms with van der Waals surface area (Å²) in [6.45, 7) is 12.9. The van der Waals surface area contributed by atoms with Gasteiger partial charge in [-0.25, -0.2) is 0 Å². The predicted octanol–water partition coefficient (Wildman–Crippen LogP) is 5.78. The Labute approximate surface area is 134 Å². The standard InChI is InChI=1S/C21H26O/c1-13(2)19-11-17(9-7-15(19)5)21(22)18-10-8-16(6)20(12-18)14(3)4/h7-14H,1-6H3. The quantitative estimate of drug-likeness (QED) is 0.653. The Hall–Kier alpha value is -1.89. The van der Waals surface area contributed by atoms with Gasteiger partial charge in [0.25, 0.3) is 0 Å². The lowest BCUT2D eigenvalue weighted by molar-refractivity contribution is 0.103. The molecule has 0 aliphatic rings. The van der Waals surface area contributed by atoms with Gasteiger partial charge in [0.1, 0.15) is 0 Å². The van der Waals surface area contributed by atoms with Crippen LogP contribution in [0.1, 0.15) is 77.7 Å². The van der Waals surface area contributed by atoms with Gasteiger partial charge in [0.05, 0.1) is 0 Å². The molecule has 0 radical (unpaired) electrons. The number of carbonyl (C=O) groups is 1. The van der Waals surface area contributed by atoms with Gasteiger partial charge >= 0.3 is 0 Å². The second kappa shape index (κ2) is 6.48. The number of benzene rings is 2. The average molecular weight is 294 g/mol. The molecule has 0 fully saturated rings.